The first-order valence-corrected chi connectivity index (χ1v) is 17.5. The van der Waals surface area contributed by atoms with Crippen LogP contribution in [-0.4, -0.2) is 0 Å². The number of hydrogen-bond donors (Lipinski definition) is 0. The Hall–Kier alpha value is -4.10. The standard InChI is InChI=1S/C45H47N/c1-43(2)26-27-44(3,4)42-38(43)24-15-25-40(42)46(31-18-8-7-9-19-31)41-29-39-35(34-21-12-13-23-37(34)45(39,5)6)28-36(41)33-22-14-17-30-16-10-11-20-32(30)33/h7-9,12-15,17-19,21-25,28-29H,10-11,16,20,26-27H2,1-6H3. The summed E-state index contributed by atoms with van der Waals surface area (Å²) in [6.07, 6.45) is 7.26. The molecule has 0 saturated carbocycles. The molecule has 232 valence electrons. The second-order valence-electron chi connectivity index (χ2n) is 15.9. The van der Waals surface area contributed by atoms with Crippen molar-refractivity contribution in [2.45, 2.75) is 96.3 Å². The molecule has 0 heterocycles. The van der Waals surface area contributed by atoms with Gasteiger partial charge in [0.1, 0.15) is 0 Å². The van der Waals surface area contributed by atoms with Gasteiger partial charge in [0.15, 0.2) is 0 Å². The van der Waals surface area contributed by atoms with Gasteiger partial charge in [-0.3, -0.25) is 0 Å². The maximum Gasteiger partial charge on any atom is 0.0543 e. The molecule has 5 aromatic carbocycles. The molecular formula is C45H47N. The lowest BCUT2D eigenvalue weighted by molar-refractivity contribution is 0.332. The monoisotopic (exact) mass is 601 g/mol. The van der Waals surface area contributed by atoms with Gasteiger partial charge in [-0.1, -0.05) is 114 Å². The highest BCUT2D eigenvalue weighted by molar-refractivity contribution is 5.96. The Morgan fingerprint density at radius 2 is 1.17 bits per heavy atom. The molecule has 0 atom stereocenters. The molecule has 0 N–H and O–H groups in total. The van der Waals surface area contributed by atoms with E-state index >= 15 is 0 Å². The van der Waals surface area contributed by atoms with Crippen LogP contribution in [0.4, 0.5) is 17.1 Å². The van der Waals surface area contributed by atoms with Gasteiger partial charge in [-0.15, -0.1) is 0 Å². The van der Waals surface area contributed by atoms with Crippen molar-refractivity contribution in [3.05, 3.63) is 137 Å². The highest BCUT2D eigenvalue weighted by Crippen LogP contribution is 2.56. The third kappa shape index (κ3) is 4.42. The fourth-order valence-corrected chi connectivity index (χ4v) is 9.04. The summed E-state index contributed by atoms with van der Waals surface area (Å²) in [6.45, 7) is 14.6. The van der Waals surface area contributed by atoms with Crippen LogP contribution < -0.4 is 4.90 Å². The lowest BCUT2D eigenvalue weighted by Crippen LogP contribution is -2.35. The van der Waals surface area contributed by atoms with Gasteiger partial charge in [-0.05, 0) is 130 Å². The van der Waals surface area contributed by atoms with Crippen molar-refractivity contribution in [1.82, 2.24) is 0 Å². The fraction of sp³-hybridized carbons (Fsp3) is 0.333. The Labute approximate surface area is 276 Å². The zero-order valence-corrected chi connectivity index (χ0v) is 28.5. The second-order valence-corrected chi connectivity index (χ2v) is 15.9. The van der Waals surface area contributed by atoms with E-state index in [0.717, 1.165) is 6.42 Å². The Morgan fingerprint density at radius 1 is 0.500 bits per heavy atom. The lowest BCUT2D eigenvalue weighted by Gasteiger charge is -2.45. The number of para-hydroxylation sites is 1. The third-order valence-corrected chi connectivity index (χ3v) is 11.7. The molecule has 0 aromatic heterocycles. The minimum atomic E-state index is -0.0882. The smallest absolute Gasteiger partial charge is 0.0543 e. The first-order valence-electron chi connectivity index (χ1n) is 17.5. The van der Waals surface area contributed by atoms with Gasteiger partial charge in [0.05, 0.1) is 11.4 Å². The molecule has 0 bridgehead atoms. The van der Waals surface area contributed by atoms with E-state index in [1.807, 2.05) is 0 Å². The van der Waals surface area contributed by atoms with Gasteiger partial charge in [0, 0.05) is 16.7 Å². The average Bonchev–Trinajstić information content (AvgIpc) is 3.29. The molecule has 3 aliphatic rings. The third-order valence-electron chi connectivity index (χ3n) is 11.7. The Balaban J connectivity index is 1.49. The van der Waals surface area contributed by atoms with Crippen LogP contribution in [0.1, 0.15) is 101 Å². The van der Waals surface area contributed by atoms with E-state index in [9.17, 15) is 0 Å². The highest BCUT2D eigenvalue weighted by Gasteiger charge is 2.41. The molecule has 0 radical (unpaired) electrons. The summed E-state index contributed by atoms with van der Waals surface area (Å²) in [5.41, 5.74) is 18.4. The van der Waals surface area contributed by atoms with Crippen molar-refractivity contribution in [1.29, 1.82) is 0 Å². The average molecular weight is 602 g/mol. The second kappa shape index (κ2) is 10.5. The van der Waals surface area contributed by atoms with Gasteiger partial charge >= 0.3 is 0 Å². The topological polar surface area (TPSA) is 3.24 Å². The summed E-state index contributed by atoms with van der Waals surface area (Å²) in [5.74, 6) is 0. The number of fused-ring (bicyclic) bond motifs is 5. The van der Waals surface area contributed by atoms with Gasteiger partial charge in [-0.25, -0.2) is 0 Å². The fourth-order valence-electron chi connectivity index (χ4n) is 9.04. The van der Waals surface area contributed by atoms with Gasteiger partial charge in [-0.2, -0.15) is 0 Å². The normalized spacial score (nSPS) is 18.2. The van der Waals surface area contributed by atoms with E-state index in [2.05, 4.69) is 150 Å². The Kier molecular flexibility index (Phi) is 6.67. The number of aryl methyl sites for hydroxylation is 1. The zero-order chi connectivity index (χ0) is 31.8. The molecule has 1 heteroatoms. The summed E-state index contributed by atoms with van der Waals surface area (Å²) in [6, 6.07) is 39.5. The van der Waals surface area contributed by atoms with Crippen molar-refractivity contribution in [3.63, 3.8) is 0 Å². The Morgan fingerprint density at radius 3 is 2.00 bits per heavy atom. The zero-order valence-electron chi connectivity index (χ0n) is 28.5. The van der Waals surface area contributed by atoms with Gasteiger partial charge in [0.25, 0.3) is 0 Å². The number of benzene rings is 5. The molecule has 0 fully saturated rings. The van der Waals surface area contributed by atoms with Crippen molar-refractivity contribution < 1.29 is 0 Å². The minimum absolute atomic E-state index is 0.0623. The number of rotatable bonds is 4. The molecule has 46 heavy (non-hydrogen) atoms. The minimum Gasteiger partial charge on any atom is -0.310 e. The quantitative estimate of drug-likeness (QED) is 0.198. The predicted molar refractivity (Wildman–Crippen MR) is 196 cm³/mol. The summed E-state index contributed by atoms with van der Waals surface area (Å²) in [4.78, 5) is 2.62. The van der Waals surface area contributed by atoms with Crippen LogP contribution in [0.5, 0.6) is 0 Å². The van der Waals surface area contributed by atoms with Crippen LogP contribution in [0.25, 0.3) is 22.3 Å². The summed E-state index contributed by atoms with van der Waals surface area (Å²) < 4.78 is 0. The van der Waals surface area contributed by atoms with E-state index in [0.29, 0.717) is 0 Å². The van der Waals surface area contributed by atoms with E-state index in [1.54, 1.807) is 5.56 Å². The Bertz CT molecular complexity index is 1970. The maximum atomic E-state index is 2.62. The van der Waals surface area contributed by atoms with E-state index in [1.165, 1.54) is 99.2 Å². The van der Waals surface area contributed by atoms with Gasteiger partial charge < -0.3 is 4.90 Å². The molecule has 3 aliphatic carbocycles. The number of anilines is 3. The molecule has 5 aromatic rings. The molecule has 0 saturated heterocycles. The molecule has 8 rings (SSSR count). The lowest BCUT2D eigenvalue weighted by atomic mass is 9.62. The molecule has 0 unspecified atom stereocenters. The van der Waals surface area contributed by atoms with E-state index in [-0.39, 0.29) is 16.2 Å². The highest BCUT2D eigenvalue weighted by atomic mass is 15.1. The van der Waals surface area contributed by atoms with Crippen LogP contribution in [0, 0.1) is 0 Å². The van der Waals surface area contributed by atoms with Crippen LogP contribution in [-0.2, 0) is 29.1 Å². The molecule has 0 spiro atoms. The van der Waals surface area contributed by atoms with Crippen molar-refractivity contribution in [3.8, 4) is 22.3 Å². The number of nitrogens with zero attached hydrogens (tertiary/aromatic N) is 1. The largest absolute Gasteiger partial charge is 0.310 e. The summed E-state index contributed by atoms with van der Waals surface area (Å²) in [7, 11) is 0. The van der Waals surface area contributed by atoms with Crippen molar-refractivity contribution >= 4 is 17.1 Å². The van der Waals surface area contributed by atoms with Crippen LogP contribution in [0.2, 0.25) is 0 Å². The molecule has 0 amide bonds. The van der Waals surface area contributed by atoms with Crippen molar-refractivity contribution in [2.24, 2.45) is 0 Å². The van der Waals surface area contributed by atoms with Crippen molar-refractivity contribution in [2.75, 3.05) is 4.90 Å². The van der Waals surface area contributed by atoms with Crippen LogP contribution in [0.3, 0.4) is 0 Å². The predicted octanol–water partition coefficient (Wildman–Crippen LogP) is 12.4. The number of hydrogen-bond acceptors (Lipinski definition) is 1. The van der Waals surface area contributed by atoms with Gasteiger partial charge in [0.2, 0.25) is 0 Å². The maximum absolute atomic E-state index is 2.62. The SMILES string of the molecule is CC1(C)CCC(C)(C)c2c(N(c3ccccc3)c3cc4c(cc3-c3cccc5c3CCCC5)-c3ccccc3C4(C)C)cccc21. The molecular weight excluding hydrogens is 555 g/mol. The molecule has 0 aliphatic heterocycles. The van der Waals surface area contributed by atoms with Crippen LogP contribution in [0.15, 0.2) is 103 Å². The van der Waals surface area contributed by atoms with Crippen LogP contribution >= 0.6 is 0 Å². The summed E-state index contributed by atoms with van der Waals surface area (Å²) in [5, 5.41) is 0. The summed E-state index contributed by atoms with van der Waals surface area (Å²) >= 11 is 0. The van der Waals surface area contributed by atoms with E-state index in [4.69, 9.17) is 0 Å². The first-order chi connectivity index (χ1) is 22.1. The molecule has 1 nitrogen and oxygen atoms in total. The van der Waals surface area contributed by atoms with E-state index < -0.39 is 0 Å². The first kappa shape index (κ1) is 29.3.